The number of aromatic nitrogens is 2. The largest absolute Gasteiger partial charge is 0.473 e. The molecular formula is C13H18N4O2. The zero-order valence-corrected chi connectivity index (χ0v) is 11.3. The third-order valence-corrected chi connectivity index (χ3v) is 2.42. The van der Waals surface area contributed by atoms with E-state index in [1.807, 2.05) is 32.9 Å². The van der Waals surface area contributed by atoms with Crippen LogP contribution in [0.3, 0.4) is 0 Å². The lowest BCUT2D eigenvalue weighted by Crippen LogP contribution is -2.11. The van der Waals surface area contributed by atoms with Gasteiger partial charge in [-0.2, -0.15) is 4.98 Å². The first-order chi connectivity index (χ1) is 9.06. The molecule has 0 radical (unpaired) electrons. The fourth-order valence-corrected chi connectivity index (χ4v) is 1.59. The van der Waals surface area contributed by atoms with E-state index < -0.39 is 0 Å². The number of aryl methyl sites for hydroxylation is 1. The Bertz CT molecular complexity index is 551. The highest BCUT2D eigenvalue weighted by molar-refractivity contribution is 5.66. The Kier molecular flexibility index (Phi) is 3.89. The quantitative estimate of drug-likeness (QED) is 0.860. The van der Waals surface area contributed by atoms with Crippen LogP contribution in [0.1, 0.15) is 25.4 Å². The zero-order valence-electron chi connectivity index (χ0n) is 11.3. The maximum Gasteiger partial charge on any atom is 0.242 e. The van der Waals surface area contributed by atoms with Crippen molar-refractivity contribution in [3.05, 3.63) is 30.0 Å². The van der Waals surface area contributed by atoms with E-state index in [1.54, 1.807) is 0 Å². The van der Waals surface area contributed by atoms with Crippen LogP contribution in [0, 0.1) is 6.92 Å². The molecular weight excluding hydrogens is 244 g/mol. The number of nitrogens with two attached hydrogens (primary N) is 1. The van der Waals surface area contributed by atoms with E-state index in [1.165, 1.54) is 6.33 Å². The second-order valence-corrected chi connectivity index (χ2v) is 4.47. The van der Waals surface area contributed by atoms with Crippen molar-refractivity contribution >= 4 is 11.5 Å². The number of hydrogen-bond acceptors (Lipinski definition) is 6. The first-order valence-corrected chi connectivity index (χ1v) is 6.12. The van der Waals surface area contributed by atoms with E-state index >= 15 is 0 Å². The van der Waals surface area contributed by atoms with Crippen molar-refractivity contribution in [2.75, 3.05) is 11.1 Å². The molecule has 0 aliphatic rings. The molecule has 6 heteroatoms. The Hall–Kier alpha value is -2.24. The lowest BCUT2D eigenvalue weighted by atomic mass is 10.4. The van der Waals surface area contributed by atoms with Crippen molar-refractivity contribution < 1.29 is 9.15 Å². The molecule has 0 bridgehead atoms. The molecule has 0 aliphatic heterocycles. The highest BCUT2D eigenvalue weighted by Crippen LogP contribution is 2.25. The van der Waals surface area contributed by atoms with Gasteiger partial charge in [0, 0.05) is 0 Å². The van der Waals surface area contributed by atoms with E-state index in [0.717, 1.165) is 11.5 Å². The number of ether oxygens (including phenoxy) is 1. The predicted molar refractivity (Wildman–Crippen MR) is 73.0 cm³/mol. The molecule has 0 saturated heterocycles. The standard InChI is InChI=1S/C13H18N4O2/c1-8(2)18-13-11(14)12(16-7-17-13)15-6-10-5-4-9(3)19-10/h4-5,7-8H,6,14H2,1-3H3,(H,15,16,17). The molecule has 2 aromatic rings. The van der Waals surface area contributed by atoms with Crippen LogP contribution in [0.15, 0.2) is 22.9 Å². The summed E-state index contributed by atoms with van der Waals surface area (Å²) < 4.78 is 11.0. The fraction of sp³-hybridized carbons (Fsp3) is 0.385. The topological polar surface area (TPSA) is 86.2 Å². The van der Waals surface area contributed by atoms with E-state index in [9.17, 15) is 0 Å². The van der Waals surface area contributed by atoms with Crippen LogP contribution >= 0.6 is 0 Å². The molecule has 2 rings (SSSR count). The highest BCUT2D eigenvalue weighted by atomic mass is 16.5. The Morgan fingerprint density at radius 1 is 1.37 bits per heavy atom. The minimum absolute atomic E-state index is 0.0118. The summed E-state index contributed by atoms with van der Waals surface area (Å²) in [5, 5.41) is 3.11. The van der Waals surface area contributed by atoms with Crippen LogP contribution in [0.5, 0.6) is 5.88 Å². The second-order valence-electron chi connectivity index (χ2n) is 4.47. The summed E-state index contributed by atoms with van der Waals surface area (Å²) in [7, 11) is 0. The van der Waals surface area contributed by atoms with Crippen molar-refractivity contribution in [3.63, 3.8) is 0 Å². The normalized spacial score (nSPS) is 10.7. The molecule has 0 aliphatic carbocycles. The molecule has 0 fully saturated rings. The third kappa shape index (κ3) is 3.37. The maximum absolute atomic E-state index is 5.96. The lowest BCUT2D eigenvalue weighted by molar-refractivity contribution is 0.234. The number of nitrogens with zero attached hydrogens (tertiary/aromatic N) is 2. The molecule has 0 atom stereocenters. The minimum Gasteiger partial charge on any atom is -0.473 e. The lowest BCUT2D eigenvalue weighted by Gasteiger charge is -2.13. The van der Waals surface area contributed by atoms with Gasteiger partial charge in [0.2, 0.25) is 5.88 Å². The summed E-state index contributed by atoms with van der Waals surface area (Å²) in [6.45, 7) is 6.24. The molecule has 0 aromatic carbocycles. The van der Waals surface area contributed by atoms with Crippen LogP contribution in [0.4, 0.5) is 11.5 Å². The monoisotopic (exact) mass is 262 g/mol. The van der Waals surface area contributed by atoms with Crippen molar-refractivity contribution in [1.29, 1.82) is 0 Å². The van der Waals surface area contributed by atoms with Gasteiger partial charge in [0.25, 0.3) is 0 Å². The van der Waals surface area contributed by atoms with Gasteiger partial charge in [-0.1, -0.05) is 0 Å². The molecule has 0 amide bonds. The summed E-state index contributed by atoms with van der Waals surface area (Å²) in [6, 6.07) is 3.82. The second kappa shape index (κ2) is 5.60. The number of nitrogens with one attached hydrogen (secondary N) is 1. The molecule has 2 heterocycles. The Morgan fingerprint density at radius 3 is 2.79 bits per heavy atom. The molecule has 19 heavy (non-hydrogen) atoms. The number of furan rings is 1. The molecule has 102 valence electrons. The summed E-state index contributed by atoms with van der Waals surface area (Å²) in [5.41, 5.74) is 6.36. The van der Waals surface area contributed by atoms with Crippen LogP contribution in [0.2, 0.25) is 0 Å². The van der Waals surface area contributed by atoms with Gasteiger partial charge >= 0.3 is 0 Å². The Morgan fingerprint density at radius 2 is 2.16 bits per heavy atom. The van der Waals surface area contributed by atoms with E-state index in [0.29, 0.717) is 23.9 Å². The average molecular weight is 262 g/mol. The van der Waals surface area contributed by atoms with Gasteiger partial charge in [0.05, 0.1) is 12.6 Å². The molecule has 3 N–H and O–H groups in total. The first kappa shape index (κ1) is 13.2. The molecule has 0 unspecified atom stereocenters. The van der Waals surface area contributed by atoms with Crippen molar-refractivity contribution in [2.45, 2.75) is 33.4 Å². The molecule has 0 saturated carbocycles. The van der Waals surface area contributed by atoms with Crippen LogP contribution in [-0.2, 0) is 6.54 Å². The van der Waals surface area contributed by atoms with Crippen molar-refractivity contribution in [3.8, 4) is 5.88 Å². The summed E-state index contributed by atoms with van der Waals surface area (Å²) in [4.78, 5) is 8.12. The summed E-state index contributed by atoms with van der Waals surface area (Å²) in [6.07, 6.45) is 1.43. The number of hydrogen-bond donors (Lipinski definition) is 2. The van der Waals surface area contributed by atoms with Gasteiger partial charge < -0.3 is 20.2 Å². The van der Waals surface area contributed by atoms with Gasteiger partial charge in [-0.15, -0.1) is 0 Å². The maximum atomic E-state index is 5.96. The number of nitrogen functional groups attached to an aromatic ring is 1. The number of anilines is 2. The van der Waals surface area contributed by atoms with Crippen LogP contribution < -0.4 is 15.8 Å². The fourth-order valence-electron chi connectivity index (χ4n) is 1.59. The summed E-state index contributed by atoms with van der Waals surface area (Å²) in [5.74, 6) is 2.63. The summed E-state index contributed by atoms with van der Waals surface area (Å²) >= 11 is 0. The predicted octanol–water partition coefficient (Wildman–Crippen LogP) is 2.36. The first-order valence-electron chi connectivity index (χ1n) is 6.12. The minimum atomic E-state index is 0.0118. The third-order valence-electron chi connectivity index (χ3n) is 2.42. The van der Waals surface area contributed by atoms with Crippen molar-refractivity contribution in [1.82, 2.24) is 9.97 Å². The van der Waals surface area contributed by atoms with Crippen LogP contribution in [-0.4, -0.2) is 16.1 Å². The van der Waals surface area contributed by atoms with Gasteiger partial charge in [0.1, 0.15) is 23.5 Å². The van der Waals surface area contributed by atoms with Gasteiger partial charge in [-0.05, 0) is 32.9 Å². The van der Waals surface area contributed by atoms with Crippen LogP contribution in [0.25, 0.3) is 0 Å². The molecule has 0 spiro atoms. The molecule has 2 aromatic heterocycles. The Balaban J connectivity index is 2.08. The van der Waals surface area contributed by atoms with E-state index in [2.05, 4.69) is 15.3 Å². The highest BCUT2D eigenvalue weighted by Gasteiger charge is 2.10. The SMILES string of the molecule is Cc1ccc(CNc2ncnc(OC(C)C)c2N)o1. The van der Waals surface area contributed by atoms with Gasteiger partial charge in [-0.25, -0.2) is 4.98 Å². The Labute approximate surface area is 112 Å². The zero-order chi connectivity index (χ0) is 13.8. The van der Waals surface area contributed by atoms with Crippen molar-refractivity contribution in [2.24, 2.45) is 0 Å². The van der Waals surface area contributed by atoms with E-state index in [-0.39, 0.29) is 6.10 Å². The van der Waals surface area contributed by atoms with Gasteiger partial charge in [-0.3, -0.25) is 0 Å². The smallest absolute Gasteiger partial charge is 0.242 e. The molecule has 6 nitrogen and oxygen atoms in total. The van der Waals surface area contributed by atoms with Gasteiger partial charge in [0.15, 0.2) is 5.82 Å². The number of rotatable bonds is 5. The average Bonchev–Trinajstić information content (AvgIpc) is 2.76. The van der Waals surface area contributed by atoms with E-state index in [4.69, 9.17) is 14.9 Å².